The summed E-state index contributed by atoms with van der Waals surface area (Å²) in [5, 5.41) is 13.4. The number of alkyl halides is 3. The summed E-state index contributed by atoms with van der Waals surface area (Å²) in [5.74, 6) is 0.236. The van der Waals surface area contributed by atoms with Gasteiger partial charge in [0.2, 0.25) is 5.91 Å². The summed E-state index contributed by atoms with van der Waals surface area (Å²) < 4.78 is 48.9. The van der Waals surface area contributed by atoms with Crippen LogP contribution in [0.25, 0.3) is 5.82 Å². The Labute approximate surface area is 280 Å². The number of hydrogen-bond acceptors (Lipinski definition) is 9. The van der Waals surface area contributed by atoms with Crippen LogP contribution in [0.3, 0.4) is 0 Å². The van der Waals surface area contributed by atoms with Crippen molar-refractivity contribution < 1.29 is 32.3 Å². The molecule has 2 aromatic heterocycles. The van der Waals surface area contributed by atoms with Crippen molar-refractivity contribution in [3.05, 3.63) is 77.2 Å². The number of halogens is 3. The van der Waals surface area contributed by atoms with Gasteiger partial charge in [-0.05, 0) is 70.5 Å². The smallest absolute Gasteiger partial charge is 0.416 e. The molecule has 3 amide bonds. The third kappa shape index (κ3) is 8.25. The van der Waals surface area contributed by atoms with Gasteiger partial charge < -0.3 is 25.6 Å². The highest BCUT2D eigenvalue weighted by molar-refractivity contribution is 6.06. The predicted octanol–water partition coefficient (Wildman–Crippen LogP) is 5.92. The van der Waals surface area contributed by atoms with Gasteiger partial charge in [-0.15, -0.1) is 0 Å². The molecule has 0 aliphatic carbocycles. The highest BCUT2D eigenvalue weighted by Gasteiger charge is 2.35. The maximum atomic E-state index is 14.0. The number of carbonyl (C=O) groups is 3. The number of amides is 3. The van der Waals surface area contributed by atoms with Gasteiger partial charge in [0.05, 0.1) is 11.3 Å². The minimum atomic E-state index is -4.80. The van der Waals surface area contributed by atoms with E-state index in [4.69, 9.17) is 4.74 Å². The van der Waals surface area contributed by atoms with E-state index in [1.807, 2.05) is 19.9 Å². The zero-order valence-electron chi connectivity index (χ0n) is 27.8. The van der Waals surface area contributed by atoms with Crippen LogP contribution in [-0.2, 0) is 15.7 Å². The summed E-state index contributed by atoms with van der Waals surface area (Å²) in [5.41, 5.74) is 0.117. The zero-order chi connectivity index (χ0) is 35.7. The second-order valence-electron chi connectivity index (χ2n) is 12.4. The average Bonchev–Trinajstić information content (AvgIpc) is 3.40. The van der Waals surface area contributed by atoms with Crippen LogP contribution in [-0.4, -0.2) is 74.8 Å². The van der Waals surface area contributed by atoms with Crippen molar-refractivity contribution >= 4 is 46.6 Å². The number of anilines is 5. The monoisotopic (exact) mass is 679 g/mol. The normalized spacial score (nSPS) is 13.7. The van der Waals surface area contributed by atoms with E-state index in [2.05, 4.69) is 31.0 Å². The van der Waals surface area contributed by atoms with Crippen LogP contribution in [0.5, 0.6) is 0 Å². The van der Waals surface area contributed by atoms with Crippen molar-refractivity contribution in [1.29, 1.82) is 0 Å². The van der Waals surface area contributed by atoms with Crippen molar-refractivity contribution in [2.24, 2.45) is 0 Å². The molecule has 0 atom stereocenters. The number of nitrogens with one attached hydrogen (secondary N) is 3. The lowest BCUT2D eigenvalue weighted by atomic mass is 10.1. The molecule has 0 unspecified atom stereocenters. The predicted molar refractivity (Wildman–Crippen MR) is 177 cm³/mol. The molecule has 0 bridgehead atoms. The molecule has 49 heavy (non-hydrogen) atoms. The Hall–Kier alpha value is -5.67. The molecule has 3 N–H and O–H groups in total. The Morgan fingerprint density at radius 1 is 0.959 bits per heavy atom. The van der Waals surface area contributed by atoms with Crippen molar-refractivity contribution in [3.8, 4) is 5.82 Å². The number of ether oxygens (including phenoxy) is 1. The lowest BCUT2D eigenvalue weighted by Gasteiger charge is -2.35. The fourth-order valence-corrected chi connectivity index (χ4v) is 5.03. The van der Waals surface area contributed by atoms with Crippen molar-refractivity contribution in [2.75, 3.05) is 47.5 Å². The zero-order valence-corrected chi connectivity index (χ0v) is 27.8. The average molecular weight is 680 g/mol. The van der Waals surface area contributed by atoms with Crippen LogP contribution in [0, 0.1) is 13.8 Å². The number of piperazine rings is 1. The standard InChI is InChI=1S/C33H36F3N9O4/c1-19-7-8-23(15-25(19)41-28-11-20(2)42-45(28)27-16-26(37-6)38-18-39-27)40-30(47)21-12-22(33(34,35)36)14-24(13-21)44-10-9-43(17-29(44)46)31(48)49-32(3,4)5/h7-8,11-16,18,41H,9-10,17H2,1-6H3,(H,40,47)(H,37,38,39). The number of rotatable bonds is 7. The van der Waals surface area contributed by atoms with E-state index in [9.17, 15) is 27.6 Å². The van der Waals surface area contributed by atoms with E-state index in [1.165, 1.54) is 17.3 Å². The fourth-order valence-electron chi connectivity index (χ4n) is 5.03. The maximum absolute atomic E-state index is 14.0. The largest absolute Gasteiger partial charge is 0.444 e. The van der Waals surface area contributed by atoms with Crippen LogP contribution in [0.2, 0.25) is 0 Å². The quantitative estimate of drug-likeness (QED) is 0.217. The first-order chi connectivity index (χ1) is 23.0. The van der Waals surface area contributed by atoms with Crippen LogP contribution >= 0.6 is 0 Å². The van der Waals surface area contributed by atoms with Crippen LogP contribution < -0.4 is 20.9 Å². The third-order valence-electron chi connectivity index (χ3n) is 7.41. The molecular formula is C33H36F3N9O4. The minimum Gasteiger partial charge on any atom is -0.444 e. The van der Waals surface area contributed by atoms with Crippen molar-refractivity contribution in [2.45, 2.75) is 46.4 Å². The number of carbonyl (C=O) groups excluding carboxylic acids is 3. The third-order valence-corrected chi connectivity index (χ3v) is 7.41. The van der Waals surface area contributed by atoms with E-state index in [-0.39, 0.29) is 24.3 Å². The molecule has 16 heteroatoms. The fraction of sp³-hybridized carbons (Fsp3) is 0.333. The minimum absolute atomic E-state index is 0.0316. The molecule has 1 saturated heterocycles. The van der Waals surface area contributed by atoms with Gasteiger partial charge in [0.15, 0.2) is 5.82 Å². The van der Waals surface area contributed by atoms with Crippen molar-refractivity contribution in [3.63, 3.8) is 0 Å². The molecule has 258 valence electrons. The number of nitrogens with zero attached hydrogens (tertiary/aromatic N) is 6. The molecule has 1 fully saturated rings. The molecule has 0 radical (unpaired) electrons. The van der Waals surface area contributed by atoms with Gasteiger partial charge in [-0.25, -0.2) is 14.8 Å². The van der Waals surface area contributed by atoms with E-state index in [1.54, 1.807) is 56.8 Å². The highest BCUT2D eigenvalue weighted by Crippen LogP contribution is 2.34. The molecule has 4 aromatic rings. The van der Waals surface area contributed by atoms with Gasteiger partial charge in [-0.2, -0.15) is 23.0 Å². The summed E-state index contributed by atoms with van der Waals surface area (Å²) in [4.78, 5) is 49.7. The Bertz CT molecular complexity index is 1900. The number of aromatic nitrogens is 4. The Morgan fingerprint density at radius 2 is 1.71 bits per heavy atom. The Morgan fingerprint density at radius 3 is 2.39 bits per heavy atom. The Kier molecular flexibility index (Phi) is 9.51. The molecule has 5 rings (SSSR count). The molecule has 0 saturated carbocycles. The number of hydrogen-bond donors (Lipinski definition) is 3. The number of benzene rings is 2. The molecule has 3 heterocycles. The molecular weight excluding hydrogens is 643 g/mol. The van der Waals surface area contributed by atoms with Gasteiger partial charge in [0.25, 0.3) is 5.91 Å². The molecule has 13 nitrogen and oxygen atoms in total. The van der Waals surface area contributed by atoms with Crippen LogP contribution in [0.15, 0.2) is 54.9 Å². The molecule has 1 aliphatic rings. The van der Waals surface area contributed by atoms with E-state index >= 15 is 0 Å². The van der Waals surface area contributed by atoms with Crippen LogP contribution in [0.1, 0.15) is 48.0 Å². The lowest BCUT2D eigenvalue weighted by molar-refractivity contribution is -0.137. The van der Waals surface area contributed by atoms with E-state index in [0.29, 0.717) is 34.5 Å². The SMILES string of the molecule is CNc1cc(-n2nc(C)cc2Nc2cc(NC(=O)c3cc(N4CCN(C(=O)OC(C)(C)C)CC4=O)cc(C(F)(F)F)c3)ccc2C)ncn1. The first kappa shape index (κ1) is 34.7. The maximum Gasteiger partial charge on any atom is 0.416 e. The summed E-state index contributed by atoms with van der Waals surface area (Å²) >= 11 is 0. The summed E-state index contributed by atoms with van der Waals surface area (Å²) in [6, 6.07) is 11.3. The first-order valence-electron chi connectivity index (χ1n) is 15.3. The highest BCUT2D eigenvalue weighted by atomic mass is 19.4. The van der Waals surface area contributed by atoms with Crippen molar-refractivity contribution in [1.82, 2.24) is 24.6 Å². The van der Waals surface area contributed by atoms with Crippen LogP contribution in [0.4, 0.5) is 46.7 Å². The van der Waals surface area contributed by atoms with Gasteiger partial charge in [0.1, 0.15) is 30.1 Å². The summed E-state index contributed by atoms with van der Waals surface area (Å²) in [6.07, 6.45) is -4.10. The second kappa shape index (κ2) is 13.4. The Balaban J connectivity index is 1.38. The van der Waals surface area contributed by atoms with Gasteiger partial charge in [-0.1, -0.05) is 6.07 Å². The van der Waals surface area contributed by atoms with Gasteiger partial charge in [0, 0.05) is 54.9 Å². The molecule has 2 aromatic carbocycles. The van der Waals surface area contributed by atoms with E-state index < -0.39 is 41.8 Å². The number of aryl methyl sites for hydroxylation is 2. The molecule has 0 spiro atoms. The van der Waals surface area contributed by atoms with E-state index in [0.717, 1.165) is 22.6 Å². The van der Waals surface area contributed by atoms with Gasteiger partial charge >= 0.3 is 12.3 Å². The lowest BCUT2D eigenvalue weighted by Crippen LogP contribution is -2.53. The topological polar surface area (TPSA) is 147 Å². The molecule has 1 aliphatic heterocycles. The summed E-state index contributed by atoms with van der Waals surface area (Å²) in [7, 11) is 1.73. The second-order valence-corrected chi connectivity index (χ2v) is 12.4. The summed E-state index contributed by atoms with van der Waals surface area (Å²) in [6.45, 7) is 8.28. The van der Waals surface area contributed by atoms with Gasteiger partial charge in [-0.3, -0.25) is 14.5 Å². The first-order valence-corrected chi connectivity index (χ1v) is 15.3.